The minimum absolute atomic E-state index is 0.0635. The highest BCUT2D eigenvalue weighted by Crippen LogP contribution is 2.32. The van der Waals surface area contributed by atoms with Crippen LogP contribution < -0.4 is 5.56 Å². The molecule has 0 aromatic carbocycles. The smallest absolute Gasteiger partial charge is 0.272 e. The van der Waals surface area contributed by atoms with Gasteiger partial charge in [0, 0.05) is 24.4 Å². The van der Waals surface area contributed by atoms with E-state index in [1.165, 1.54) is 14.9 Å². The molecule has 1 unspecified atom stereocenters. The van der Waals surface area contributed by atoms with Crippen molar-refractivity contribution in [2.45, 2.75) is 39.2 Å². The van der Waals surface area contributed by atoms with E-state index in [4.69, 9.17) is 0 Å². The third kappa shape index (κ3) is 2.56. The van der Waals surface area contributed by atoms with Gasteiger partial charge in [0.05, 0.1) is 17.5 Å². The first-order chi connectivity index (χ1) is 10.4. The van der Waals surface area contributed by atoms with Crippen LogP contribution in [0.15, 0.2) is 16.9 Å². The lowest BCUT2D eigenvalue weighted by Gasteiger charge is -2.33. The normalized spacial score (nSPS) is 20.5. The highest BCUT2D eigenvalue weighted by atomic mass is 32.2. The van der Waals surface area contributed by atoms with E-state index in [-0.39, 0.29) is 17.4 Å². The van der Waals surface area contributed by atoms with E-state index in [1.54, 1.807) is 13.0 Å². The van der Waals surface area contributed by atoms with E-state index in [9.17, 15) is 13.2 Å². The van der Waals surface area contributed by atoms with Gasteiger partial charge in [0.25, 0.3) is 5.56 Å². The molecule has 3 heterocycles. The second-order valence-electron chi connectivity index (χ2n) is 5.67. The molecule has 0 bridgehead atoms. The predicted octanol–water partition coefficient (Wildman–Crippen LogP) is 1.21. The Balaban J connectivity index is 2.09. The summed E-state index contributed by atoms with van der Waals surface area (Å²) < 4.78 is 27.5. The maximum absolute atomic E-state index is 12.3. The summed E-state index contributed by atoms with van der Waals surface area (Å²) >= 11 is 0. The number of rotatable bonds is 3. The van der Waals surface area contributed by atoms with Crippen molar-refractivity contribution in [2.75, 3.05) is 12.3 Å². The lowest BCUT2D eigenvalue weighted by molar-refractivity contribution is 0.252. The van der Waals surface area contributed by atoms with Crippen LogP contribution in [0.25, 0.3) is 5.65 Å². The first-order valence-electron chi connectivity index (χ1n) is 7.51. The number of hydrogen-bond acceptors (Lipinski definition) is 4. The van der Waals surface area contributed by atoms with Gasteiger partial charge in [-0.3, -0.25) is 9.89 Å². The maximum Gasteiger partial charge on any atom is 0.272 e. The van der Waals surface area contributed by atoms with Crippen molar-refractivity contribution >= 4 is 15.7 Å². The van der Waals surface area contributed by atoms with Crippen LogP contribution in [0.1, 0.15) is 43.6 Å². The topological polar surface area (TPSA) is 87.5 Å². The van der Waals surface area contributed by atoms with Gasteiger partial charge < -0.3 is 0 Å². The van der Waals surface area contributed by atoms with Crippen LogP contribution in [-0.4, -0.2) is 39.6 Å². The van der Waals surface area contributed by atoms with Crippen LogP contribution in [0, 0.1) is 6.92 Å². The molecule has 0 spiro atoms. The molecule has 22 heavy (non-hydrogen) atoms. The van der Waals surface area contributed by atoms with Crippen molar-refractivity contribution in [1.82, 2.24) is 18.9 Å². The summed E-state index contributed by atoms with van der Waals surface area (Å²) in [4.78, 5) is 16.7. The van der Waals surface area contributed by atoms with Crippen molar-refractivity contribution in [3.63, 3.8) is 0 Å². The molecule has 120 valence electrons. The zero-order valence-corrected chi connectivity index (χ0v) is 13.6. The van der Waals surface area contributed by atoms with Gasteiger partial charge in [-0.05, 0) is 26.7 Å². The molecule has 0 aliphatic carbocycles. The van der Waals surface area contributed by atoms with Crippen molar-refractivity contribution in [3.8, 4) is 0 Å². The Bertz CT molecular complexity index is 853. The highest BCUT2D eigenvalue weighted by Gasteiger charge is 2.33. The van der Waals surface area contributed by atoms with Crippen molar-refractivity contribution in [1.29, 1.82) is 0 Å². The Morgan fingerprint density at radius 1 is 1.36 bits per heavy atom. The fraction of sp³-hybridized carbons (Fsp3) is 0.571. The fourth-order valence-electron chi connectivity index (χ4n) is 3.00. The van der Waals surface area contributed by atoms with E-state index >= 15 is 0 Å². The monoisotopic (exact) mass is 324 g/mol. The van der Waals surface area contributed by atoms with Gasteiger partial charge in [-0.2, -0.15) is 4.31 Å². The Morgan fingerprint density at radius 2 is 2.14 bits per heavy atom. The second-order valence-corrected chi connectivity index (χ2v) is 7.89. The van der Waals surface area contributed by atoms with Crippen LogP contribution >= 0.6 is 0 Å². The van der Waals surface area contributed by atoms with Crippen LogP contribution in [0.3, 0.4) is 0 Å². The first kappa shape index (κ1) is 15.2. The van der Waals surface area contributed by atoms with E-state index in [1.807, 2.05) is 6.92 Å². The average molecular weight is 324 g/mol. The van der Waals surface area contributed by atoms with Gasteiger partial charge in [0.15, 0.2) is 5.65 Å². The summed E-state index contributed by atoms with van der Waals surface area (Å²) in [6, 6.07) is 2.88. The quantitative estimate of drug-likeness (QED) is 0.919. The molecule has 1 aliphatic heterocycles. The van der Waals surface area contributed by atoms with Gasteiger partial charge in [0.2, 0.25) is 10.0 Å². The van der Waals surface area contributed by atoms with Crippen LogP contribution in [0.5, 0.6) is 0 Å². The molecule has 7 nitrogen and oxygen atoms in total. The number of aryl methyl sites for hydroxylation is 1. The summed E-state index contributed by atoms with van der Waals surface area (Å²) in [5.41, 5.74) is 1.69. The molecule has 1 aliphatic rings. The molecular formula is C14H20N4O3S. The number of sulfonamides is 1. The van der Waals surface area contributed by atoms with Gasteiger partial charge in [0.1, 0.15) is 0 Å². The third-order valence-electron chi connectivity index (χ3n) is 4.12. The molecule has 1 saturated heterocycles. The highest BCUT2D eigenvalue weighted by molar-refractivity contribution is 7.89. The van der Waals surface area contributed by atoms with Crippen LogP contribution in [0.2, 0.25) is 0 Å². The molecule has 3 rings (SSSR count). The molecule has 2 aromatic heterocycles. The summed E-state index contributed by atoms with van der Waals surface area (Å²) in [5.74, 6) is 0.0635. The lowest BCUT2D eigenvalue weighted by atomic mass is 10.0. The number of piperidine rings is 1. The number of hydrogen-bond donors (Lipinski definition) is 1. The number of fused-ring (bicyclic) bond motifs is 1. The second kappa shape index (κ2) is 5.51. The molecule has 2 aromatic rings. The third-order valence-corrected chi connectivity index (χ3v) is 6.00. The zero-order valence-electron chi connectivity index (χ0n) is 12.7. The maximum atomic E-state index is 12.3. The van der Waals surface area contributed by atoms with Gasteiger partial charge >= 0.3 is 0 Å². The van der Waals surface area contributed by atoms with E-state index in [0.717, 1.165) is 18.5 Å². The summed E-state index contributed by atoms with van der Waals surface area (Å²) in [7, 11) is -3.30. The predicted molar refractivity (Wildman–Crippen MR) is 83.3 cm³/mol. The van der Waals surface area contributed by atoms with E-state index < -0.39 is 10.0 Å². The lowest BCUT2D eigenvalue weighted by Crippen LogP contribution is -2.40. The molecule has 1 N–H and O–H groups in total. The molecular weight excluding hydrogens is 304 g/mol. The number of aromatic nitrogens is 3. The van der Waals surface area contributed by atoms with Crippen LogP contribution in [-0.2, 0) is 10.0 Å². The van der Waals surface area contributed by atoms with Gasteiger partial charge in [-0.25, -0.2) is 17.9 Å². The van der Waals surface area contributed by atoms with Crippen molar-refractivity contribution < 1.29 is 8.42 Å². The average Bonchev–Trinajstić information content (AvgIpc) is 2.88. The van der Waals surface area contributed by atoms with Crippen molar-refractivity contribution in [3.05, 3.63) is 33.9 Å². The number of aromatic amines is 1. The van der Waals surface area contributed by atoms with Gasteiger partial charge in [-0.15, -0.1) is 0 Å². The Hall–Kier alpha value is -1.67. The minimum Gasteiger partial charge on any atom is -0.294 e. The van der Waals surface area contributed by atoms with Crippen molar-refractivity contribution in [2.24, 2.45) is 0 Å². The van der Waals surface area contributed by atoms with E-state index in [0.29, 0.717) is 24.3 Å². The first-order valence-corrected chi connectivity index (χ1v) is 9.12. The zero-order chi connectivity index (χ0) is 15.9. The fourth-order valence-corrected chi connectivity index (χ4v) is 4.34. The standard InChI is InChI=1S/C14H20N4O3S/c1-3-22(20,21)17-7-5-4-6-12(17)11-9-14(19)18-13(15-11)8-10(2)16-18/h8-9,12,16H,3-7H2,1-2H3. The molecule has 8 heteroatoms. The Labute approximate surface area is 129 Å². The molecule has 1 fully saturated rings. The summed E-state index contributed by atoms with van der Waals surface area (Å²) in [5, 5.41) is 2.92. The number of nitrogens with one attached hydrogen (secondary N) is 1. The SMILES string of the molecule is CCS(=O)(=O)N1CCCCC1c1cc(=O)n2[nH]c(C)cc2n1. The molecule has 0 radical (unpaired) electrons. The Morgan fingerprint density at radius 3 is 2.86 bits per heavy atom. The van der Waals surface area contributed by atoms with Crippen LogP contribution in [0.4, 0.5) is 0 Å². The largest absolute Gasteiger partial charge is 0.294 e. The van der Waals surface area contributed by atoms with Gasteiger partial charge in [-0.1, -0.05) is 6.42 Å². The molecule has 0 saturated carbocycles. The summed E-state index contributed by atoms with van der Waals surface area (Å²) in [6.45, 7) is 3.98. The number of nitrogens with zero attached hydrogens (tertiary/aromatic N) is 3. The summed E-state index contributed by atoms with van der Waals surface area (Å²) in [6.07, 6.45) is 2.49. The molecule has 1 atom stereocenters. The minimum atomic E-state index is -3.30. The molecule has 0 amide bonds. The van der Waals surface area contributed by atoms with E-state index in [2.05, 4.69) is 10.1 Å². The number of H-pyrrole nitrogens is 1. The Kier molecular flexibility index (Phi) is 3.82.